The van der Waals surface area contributed by atoms with Crippen LogP contribution in [0.15, 0.2) is 45.1 Å². The number of allylic oxidation sites excluding steroid dienone is 2. The number of nitrogens with zero attached hydrogens (tertiary/aromatic N) is 1. The quantitative estimate of drug-likeness (QED) is 0.572. The second kappa shape index (κ2) is 8.10. The van der Waals surface area contributed by atoms with E-state index in [1.54, 1.807) is 0 Å². The molecule has 0 fully saturated rings. The van der Waals surface area contributed by atoms with Crippen LogP contribution in [0.25, 0.3) is 0 Å². The Morgan fingerprint density at radius 3 is 2.45 bits per heavy atom. The zero-order chi connectivity index (χ0) is 15.1. The fraction of sp³-hybridized carbons (Fsp3) is 0.438. The van der Waals surface area contributed by atoms with Crippen LogP contribution in [0, 0.1) is 5.92 Å². The first-order valence-electron chi connectivity index (χ1n) is 6.95. The Morgan fingerprint density at radius 2 is 1.90 bits per heavy atom. The van der Waals surface area contributed by atoms with Crippen LogP contribution in [0.2, 0.25) is 0 Å². The third-order valence-electron chi connectivity index (χ3n) is 3.49. The summed E-state index contributed by atoms with van der Waals surface area (Å²) < 4.78 is 1.05. The van der Waals surface area contributed by atoms with Gasteiger partial charge in [-0.25, -0.2) is 0 Å². The predicted molar refractivity (Wildman–Crippen MR) is 91.8 cm³/mol. The monoisotopic (exact) mass is 337 g/mol. The molecule has 1 unspecified atom stereocenters. The van der Waals surface area contributed by atoms with E-state index in [4.69, 9.17) is 5.73 Å². The second-order valence-corrected chi connectivity index (χ2v) is 6.10. The van der Waals surface area contributed by atoms with E-state index in [1.807, 2.05) is 38.1 Å². The number of hydrazone groups is 1. The summed E-state index contributed by atoms with van der Waals surface area (Å²) in [6, 6.07) is 7.91. The number of hydrogen-bond acceptors (Lipinski definition) is 3. The highest BCUT2D eigenvalue weighted by molar-refractivity contribution is 9.10. The summed E-state index contributed by atoms with van der Waals surface area (Å²) in [4.78, 5) is 0. The number of anilines is 1. The van der Waals surface area contributed by atoms with Gasteiger partial charge in [-0.15, -0.1) is 0 Å². The molecule has 3 N–H and O–H groups in total. The van der Waals surface area contributed by atoms with Gasteiger partial charge in [0.15, 0.2) is 0 Å². The number of nitrogens with two attached hydrogens (primary N) is 1. The van der Waals surface area contributed by atoms with E-state index in [1.165, 1.54) is 0 Å². The lowest BCUT2D eigenvalue weighted by molar-refractivity contribution is 0.553. The Kier molecular flexibility index (Phi) is 6.79. The van der Waals surface area contributed by atoms with Crippen molar-refractivity contribution in [2.24, 2.45) is 16.8 Å². The molecule has 1 aromatic rings. The van der Waals surface area contributed by atoms with E-state index < -0.39 is 0 Å². The number of nitrogens with one attached hydrogen (secondary N) is 1. The van der Waals surface area contributed by atoms with Gasteiger partial charge in [0, 0.05) is 10.2 Å². The van der Waals surface area contributed by atoms with Crippen molar-refractivity contribution in [2.75, 3.05) is 5.43 Å². The molecule has 4 heteroatoms. The van der Waals surface area contributed by atoms with E-state index in [9.17, 15) is 0 Å². The second-order valence-electron chi connectivity index (χ2n) is 5.18. The lowest BCUT2D eigenvalue weighted by Crippen LogP contribution is -2.11. The van der Waals surface area contributed by atoms with Crippen LogP contribution >= 0.6 is 15.9 Å². The van der Waals surface area contributed by atoms with E-state index in [-0.39, 0.29) is 0 Å². The highest BCUT2D eigenvalue weighted by atomic mass is 79.9. The first kappa shape index (κ1) is 16.8. The van der Waals surface area contributed by atoms with Gasteiger partial charge in [-0.2, -0.15) is 5.10 Å². The molecular weight excluding hydrogens is 314 g/mol. The van der Waals surface area contributed by atoms with Crippen molar-refractivity contribution < 1.29 is 0 Å². The van der Waals surface area contributed by atoms with Crippen molar-refractivity contribution in [1.29, 1.82) is 0 Å². The molecule has 0 spiro atoms. The summed E-state index contributed by atoms with van der Waals surface area (Å²) in [5.41, 5.74) is 13.1. The van der Waals surface area contributed by atoms with Gasteiger partial charge in [0.2, 0.25) is 0 Å². The molecule has 3 nitrogen and oxygen atoms in total. The highest BCUT2D eigenvalue weighted by Gasteiger charge is 2.06. The Hall–Kier alpha value is -1.29. The first-order valence-corrected chi connectivity index (χ1v) is 7.74. The van der Waals surface area contributed by atoms with Crippen LogP contribution in [0.3, 0.4) is 0 Å². The molecule has 0 aliphatic rings. The summed E-state index contributed by atoms with van der Waals surface area (Å²) in [6.07, 6.45) is 2.06. The summed E-state index contributed by atoms with van der Waals surface area (Å²) >= 11 is 3.41. The van der Waals surface area contributed by atoms with E-state index in [0.29, 0.717) is 5.92 Å². The SMILES string of the molecule is CCC(C)CC(N)=C(C)C(C)=NNc1ccc(Br)cc1. The summed E-state index contributed by atoms with van der Waals surface area (Å²) in [7, 11) is 0. The minimum atomic E-state index is 0.609. The molecule has 110 valence electrons. The zero-order valence-corrected chi connectivity index (χ0v) is 14.3. The number of hydrogen-bond donors (Lipinski definition) is 2. The normalized spacial score (nSPS) is 14.8. The van der Waals surface area contributed by atoms with Gasteiger partial charge in [0.1, 0.15) is 0 Å². The third-order valence-corrected chi connectivity index (χ3v) is 4.02. The zero-order valence-electron chi connectivity index (χ0n) is 12.7. The lowest BCUT2D eigenvalue weighted by Gasteiger charge is -2.12. The van der Waals surface area contributed by atoms with Crippen molar-refractivity contribution in [3.8, 4) is 0 Å². The maximum absolute atomic E-state index is 6.15. The van der Waals surface area contributed by atoms with Gasteiger partial charge in [0.25, 0.3) is 0 Å². The van der Waals surface area contributed by atoms with Crippen LogP contribution in [0.4, 0.5) is 5.69 Å². The lowest BCUT2D eigenvalue weighted by atomic mass is 9.99. The average Bonchev–Trinajstić information content (AvgIpc) is 2.45. The molecule has 0 amide bonds. The molecule has 0 aliphatic heterocycles. The van der Waals surface area contributed by atoms with Crippen LogP contribution in [-0.2, 0) is 0 Å². The maximum atomic E-state index is 6.15. The molecule has 1 atom stereocenters. The number of rotatable bonds is 6. The van der Waals surface area contributed by atoms with Crippen LogP contribution in [-0.4, -0.2) is 5.71 Å². The molecule has 0 saturated carbocycles. The average molecular weight is 338 g/mol. The van der Waals surface area contributed by atoms with Crippen LogP contribution in [0.5, 0.6) is 0 Å². The van der Waals surface area contributed by atoms with E-state index >= 15 is 0 Å². The minimum Gasteiger partial charge on any atom is -0.402 e. The van der Waals surface area contributed by atoms with Gasteiger partial charge in [-0.1, -0.05) is 36.2 Å². The molecule has 20 heavy (non-hydrogen) atoms. The molecule has 0 aromatic heterocycles. The summed E-state index contributed by atoms with van der Waals surface area (Å²) in [5, 5.41) is 4.39. The standard InChI is InChI=1S/C16H24BrN3/c1-5-11(2)10-16(18)12(3)13(4)19-20-15-8-6-14(17)7-9-15/h6-9,11,20H,5,10,18H2,1-4H3. The Morgan fingerprint density at radius 1 is 1.30 bits per heavy atom. The molecule has 0 radical (unpaired) electrons. The van der Waals surface area contributed by atoms with Crippen molar-refractivity contribution in [3.63, 3.8) is 0 Å². The fourth-order valence-corrected chi connectivity index (χ4v) is 1.93. The molecule has 0 heterocycles. The first-order chi connectivity index (χ1) is 9.43. The smallest absolute Gasteiger partial charge is 0.0622 e. The van der Waals surface area contributed by atoms with E-state index in [0.717, 1.165) is 40.0 Å². The van der Waals surface area contributed by atoms with Gasteiger partial charge in [-0.3, -0.25) is 5.43 Å². The van der Waals surface area contributed by atoms with Crippen molar-refractivity contribution >= 4 is 27.3 Å². The Bertz CT molecular complexity index is 489. The van der Waals surface area contributed by atoms with Crippen molar-refractivity contribution in [2.45, 2.75) is 40.5 Å². The highest BCUT2D eigenvalue weighted by Crippen LogP contribution is 2.16. The Balaban J connectivity index is 2.72. The molecule has 1 aromatic carbocycles. The maximum Gasteiger partial charge on any atom is 0.0622 e. The van der Waals surface area contributed by atoms with E-state index in [2.05, 4.69) is 40.3 Å². The van der Waals surface area contributed by atoms with Crippen molar-refractivity contribution in [3.05, 3.63) is 40.0 Å². The topological polar surface area (TPSA) is 50.4 Å². The predicted octanol–water partition coefficient (Wildman–Crippen LogP) is 4.91. The molecule has 1 rings (SSSR count). The van der Waals surface area contributed by atoms with Crippen LogP contribution in [0.1, 0.15) is 40.5 Å². The van der Waals surface area contributed by atoms with Gasteiger partial charge >= 0.3 is 0 Å². The van der Waals surface area contributed by atoms with Crippen LogP contribution < -0.4 is 11.2 Å². The Labute approximate surface area is 130 Å². The number of halogens is 1. The number of benzene rings is 1. The largest absolute Gasteiger partial charge is 0.402 e. The van der Waals surface area contributed by atoms with Crippen molar-refractivity contribution in [1.82, 2.24) is 0 Å². The molecule has 0 aliphatic carbocycles. The van der Waals surface area contributed by atoms with Gasteiger partial charge in [0.05, 0.1) is 11.4 Å². The molecular formula is C16H24BrN3. The van der Waals surface area contributed by atoms with Gasteiger partial charge < -0.3 is 5.73 Å². The molecule has 0 bridgehead atoms. The minimum absolute atomic E-state index is 0.609. The summed E-state index contributed by atoms with van der Waals surface area (Å²) in [6.45, 7) is 8.40. The fourth-order valence-electron chi connectivity index (χ4n) is 1.66. The summed E-state index contributed by atoms with van der Waals surface area (Å²) in [5.74, 6) is 0.609. The van der Waals surface area contributed by atoms with Gasteiger partial charge in [-0.05, 0) is 56.0 Å². The molecule has 0 saturated heterocycles. The third kappa shape index (κ3) is 5.37.